The number of aryl methyl sites for hydroxylation is 1. The first kappa shape index (κ1) is 22.0. The molecular weight excluding hydrogens is 376 g/mol. The van der Waals surface area contributed by atoms with Crippen molar-refractivity contribution in [3.8, 4) is 0 Å². The Morgan fingerprint density at radius 2 is 1.76 bits per heavy atom. The van der Waals surface area contributed by atoms with E-state index in [2.05, 4.69) is 11.9 Å². The number of furan rings is 1. The first-order valence-electron chi connectivity index (χ1n) is 10.7. The number of unbranched alkanes of at least 4 members (excludes halogenated alkanes) is 7. The third-order valence-corrected chi connectivity index (χ3v) is 5.56. The van der Waals surface area contributed by atoms with Crippen LogP contribution in [0.4, 0.5) is 0 Å². The van der Waals surface area contributed by atoms with Crippen LogP contribution < -0.4 is 5.69 Å². The second kappa shape index (κ2) is 10.3. The van der Waals surface area contributed by atoms with E-state index in [0.717, 1.165) is 29.6 Å². The van der Waals surface area contributed by atoms with Crippen molar-refractivity contribution in [2.24, 2.45) is 0 Å². The van der Waals surface area contributed by atoms with E-state index >= 15 is 0 Å². The van der Waals surface area contributed by atoms with Crippen LogP contribution in [0.2, 0.25) is 0 Å². The summed E-state index contributed by atoms with van der Waals surface area (Å²) in [6.07, 6.45) is 7.52. The molecule has 2 aromatic heterocycles. The molecule has 0 radical (unpaired) electrons. The topological polar surface area (TPSA) is 118 Å². The maximum Gasteiger partial charge on any atom is 0.353 e. The second-order valence-corrected chi connectivity index (χ2v) is 7.86. The lowest BCUT2D eigenvalue weighted by Crippen LogP contribution is -2.35. The van der Waals surface area contributed by atoms with Crippen molar-refractivity contribution in [2.45, 2.75) is 89.3 Å². The molecule has 2 aromatic rings. The number of fused-ring (bicyclic) bond motifs is 1. The number of aliphatic hydroxyl groups excluding tert-OH is 3. The molecule has 3 heterocycles. The molecule has 0 amide bonds. The molecule has 1 aliphatic rings. The molecule has 0 aromatic carbocycles. The Kier molecular flexibility index (Phi) is 7.83. The van der Waals surface area contributed by atoms with Gasteiger partial charge in [0, 0.05) is 12.6 Å². The standard InChI is InChI=1S/C21H32N2O6/c1-2-3-4-5-6-7-8-9-10-15-11-14-12-23(21(27)22-19(14)28-15)20-18(26)17(25)16(13-24)29-20/h11-12,16-18,20,24-26H,2-10,13H2,1H3/t16-,17-,18-,20-/m1/s1. The van der Waals surface area contributed by atoms with Gasteiger partial charge in [-0.2, -0.15) is 4.98 Å². The van der Waals surface area contributed by atoms with Crippen molar-refractivity contribution in [1.29, 1.82) is 0 Å². The van der Waals surface area contributed by atoms with Gasteiger partial charge >= 0.3 is 5.69 Å². The number of hydrogen-bond donors (Lipinski definition) is 3. The summed E-state index contributed by atoms with van der Waals surface area (Å²) in [5.41, 5.74) is -0.382. The van der Waals surface area contributed by atoms with Gasteiger partial charge in [0.25, 0.3) is 0 Å². The third kappa shape index (κ3) is 5.25. The fraction of sp³-hybridized carbons (Fsp3) is 0.714. The van der Waals surface area contributed by atoms with E-state index in [1.54, 1.807) is 0 Å². The zero-order chi connectivity index (χ0) is 20.8. The Morgan fingerprint density at radius 1 is 1.07 bits per heavy atom. The molecule has 162 valence electrons. The van der Waals surface area contributed by atoms with Gasteiger partial charge in [-0.1, -0.05) is 51.9 Å². The highest BCUT2D eigenvalue weighted by Crippen LogP contribution is 2.29. The summed E-state index contributed by atoms with van der Waals surface area (Å²) in [5, 5.41) is 29.9. The molecule has 0 spiro atoms. The van der Waals surface area contributed by atoms with Crippen molar-refractivity contribution in [1.82, 2.24) is 9.55 Å². The van der Waals surface area contributed by atoms with E-state index in [0.29, 0.717) is 5.39 Å². The Bertz CT molecular complexity index is 832. The average Bonchev–Trinajstić information content (AvgIpc) is 3.23. The summed E-state index contributed by atoms with van der Waals surface area (Å²) in [7, 11) is 0. The summed E-state index contributed by atoms with van der Waals surface area (Å²) >= 11 is 0. The first-order valence-corrected chi connectivity index (χ1v) is 10.7. The Labute approximate surface area is 170 Å². The van der Waals surface area contributed by atoms with E-state index < -0.39 is 36.8 Å². The van der Waals surface area contributed by atoms with Gasteiger partial charge in [-0.25, -0.2) is 4.79 Å². The highest BCUT2D eigenvalue weighted by Gasteiger charge is 2.43. The van der Waals surface area contributed by atoms with Crippen molar-refractivity contribution >= 4 is 11.1 Å². The minimum atomic E-state index is -1.33. The monoisotopic (exact) mass is 408 g/mol. The van der Waals surface area contributed by atoms with Crippen molar-refractivity contribution < 1.29 is 24.5 Å². The summed E-state index contributed by atoms with van der Waals surface area (Å²) in [5.74, 6) is 0.775. The number of hydrogen-bond acceptors (Lipinski definition) is 7. The van der Waals surface area contributed by atoms with E-state index in [4.69, 9.17) is 9.15 Å². The lowest BCUT2D eigenvalue weighted by molar-refractivity contribution is -0.0547. The molecule has 3 N–H and O–H groups in total. The van der Waals surface area contributed by atoms with Crippen LogP contribution in [0.1, 0.15) is 70.3 Å². The number of ether oxygens (including phenoxy) is 1. The first-order chi connectivity index (χ1) is 14.0. The van der Waals surface area contributed by atoms with E-state index in [1.165, 1.54) is 44.7 Å². The van der Waals surface area contributed by atoms with Gasteiger partial charge in [0.05, 0.1) is 12.0 Å². The fourth-order valence-corrected chi connectivity index (χ4v) is 3.83. The van der Waals surface area contributed by atoms with Gasteiger partial charge in [0.2, 0.25) is 5.71 Å². The predicted octanol–water partition coefficient (Wildman–Crippen LogP) is 2.28. The van der Waals surface area contributed by atoms with Gasteiger partial charge in [-0.05, 0) is 12.5 Å². The van der Waals surface area contributed by atoms with E-state index in [1.807, 2.05) is 6.07 Å². The van der Waals surface area contributed by atoms with E-state index in [9.17, 15) is 20.1 Å². The molecule has 3 rings (SSSR count). The lowest BCUT2D eigenvalue weighted by Gasteiger charge is -2.16. The maximum atomic E-state index is 12.3. The summed E-state index contributed by atoms with van der Waals surface area (Å²) in [6, 6.07) is 1.85. The van der Waals surface area contributed by atoms with Gasteiger partial charge in [-0.15, -0.1) is 0 Å². The molecule has 29 heavy (non-hydrogen) atoms. The Balaban J connectivity index is 1.59. The molecule has 0 saturated carbocycles. The van der Waals surface area contributed by atoms with Crippen LogP contribution in [-0.2, 0) is 11.2 Å². The van der Waals surface area contributed by atoms with Crippen LogP contribution in [0.15, 0.2) is 21.5 Å². The average molecular weight is 408 g/mol. The van der Waals surface area contributed by atoms with Gasteiger partial charge in [0.1, 0.15) is 24.1 Å². The van der Waals surface area contributed by atoms with Crippen molar-refractivity contribution in [2.75, 3.05) is 6.61 Å². The number of rotatable bonds is 11. The van der Waals surface area contributed by atoms with Crippen molar-refractivity contribution in [3.05, 3.63) is 28.5 Å². The Morgan fingerprint density at radius 3 is 2.41 bits per heavy atom. The maximum absolute atomic E-state index is 12.3. The second-order valence-electron chi connectivity index (χ2n) is 7.86. The highest BCUT2D eigenvalue weighted by molar-refractivity contribution is 5.72. The minimum Gasteiger partial charge on any atom is -0.443 e. The van der Waals surface area contributed by atoms with Crippen LogP contribution in [0, 0.1) is 0 Å². The highest BCUT2D eigenvalue weighted by atomic mass is 16.6. The fourth-order valence-electron chi connectivity index (χ4n) is 3.83. The van der Waals surface area contributed by atoms with Crippen LogP contribution in [0.5, 0.6) is 0 Å². The molecule has 8 heteroatoms. The molecule has 8 nitrogen and oxygen atoms in total. The lowest BCUT2D eigenvalue weighted by atomic mass is 10.1. The third-order valence-electron chi connectivity index (χ3n) is 5.56. The molecule has 1 aliphatic heterocycles. The van der Waals surface area contributed by atoms with Gasteiger partial charge < -0.3 is 24.5 Å². The van der Waals surface area contributed by atoms with Gasteiger partial charge in [-0.3, -0.25) is 4.57 Å². The largest absolute Gasteiger partial charge is 0.443 e. The smallest absolute Gasteiger partial charge is 0.353 e. The zero-order valence-electron chi connectivity index (χ0n) is 17.0. The number of nitrogens with zero attached hydrogens (tertiary/aromatic N) is 2. The summed E-state index contributed by atoms with van der Waals surface area (Å²) in [4.78, 5) is 16.3. The van der Waals surface area contributed by atoms with Crippen LogP contribution >= 0.6 is 0 Å². The zero-order valence-corrected chi connectivity index (χ0v) is 17.0. The van der Waals surface area contributed by atoms with Crippen molar-refractivity contribution in [3.63, 3.8) is 0 Å². The predicted molar refractivity (Wildman–Crippen MR) is 108 cm³/mol. The SMILES string of the molecule is CCCCCCCCCCc1cc2cn([C@@H]3O[C@H](CO)[C@@H](O)[C@H]3O)c(=O)nc2o1. The van der Waals surface area contributed by atoms with Crippen LogP contribution in [0.3, 0.4) is 0 Å². The van der Waals surface area contributed by atoms with Crippen LogP contribution in [-0.4, -0.2) is 49.8 Å². The summed E-state index contributed by atoms with van der Waals surface area (Å²) in [6.45, 7) is 1.77. The molecule has 1 saturated heterocycles. The van der Waals surface area contributed by atoms with E-state index in [-0.39, 0.29) is 5.71 Å². The quantitative estimate of drug-likeness (QED) is 0.488. The summed E-state index contributed by atoms with van der Waals surface area (Å²) < 4.78 is 12.3. The molecule has 0 aliphatic carbocycles. The molecule has 4 atom stereocenters. The van der Waals surface area contributed by atoms with Crippen LogP contribution in [0.25, 0.3) is 11.1 Å². The molecule has 0 unspecified atom stereocenters. The number of aromatic nitrogens is 2. The van der Waals surface area contributed by atoms with Gasteiger partial charge in [0.15, 0.2) is 6.23 Å². The molecular formula is C21H32N2O6. The molecule has 1 fully saturated rings. The molecule has 0 bridgehead atoms. The number of aliphatic hydroxyl groups is 3. The minimum absolute atomic E-state index is 0.257. The normalized spacial score (nSPS) is 24.6. The Hall–Kier alpha value is -1.74.